The number of hydrogen-bond acceptors (Lipinski definition) is 13. The molecule has 0 aliphatic carbocycles. The van der Waals surface area contributed by atoms with E-state index in [-0.39, 0.29) is 25.6 Å². The van der Waals surface area contributed by atoms with Crippen LogP contribution < -0.4 is 0 Å². The fraction of sp³-hybridized carbons (Fsp3) is 0.486. The van der Waals surface area contributed by atoms with Crippen LogP contribution in [-0.2, 0) is 53.2 Å². The molecule has 2 aromatic carbocycles. The van der Waals surface area contributed by atoms with Gasteiger partial charge >= 0.3 is 30.0 Å². The fourth-order valence-electron chi connectivity index (χ4n) is 8.07. The van der Waals surface area contributed by atoms with Gasteiger partial charge in [-0.3, -0.25) is 9.59 Å². The van der Waals surface area contributed by atoms with Crippen molar-refractivity contribution in [1.82, 2.24) is 0 Å². The predicted molar refractivity (Wildman–Crippen MR) is 174 cm³/mol. The molecule has 2 unspecified atom stereocenters. The lowest BCUT2D eigenvalue weighted by molar-refractivity contribution is -0.956. The Morgan fingerprint density at radius 2 is 1.37 bits per heavy atom. The summed E-state index contributed by atoms with van der Waals surface area (Å²) in [5.41, 5.74) is -1.32. The summed E-state index contributed by atoms with van der Waals surface area (Å²) in [7, 11) is 0. The molecule has 0 amide bonds. The van der Waals surface area contributed by atoms with E-state index in [1.165, 1.54) is 25.9 Å². The Hall–Kier alpha value is -5.11. The molecule has 0 aromatic heterocycles. The van der Waals surface area contributed by atoms with E-state index in [0.29, 0.717) is 23.2 Å². The number of aliphatic hydroxyl groups excluding tert-OH is 2. The van der Waals surface area contributed by atoms with Crippen molar-refractivity contribution < 1.29 is 67.1 Å². The molecular formula is C37H42NO13+. The van der Waals surface area contributed by atoms with E-state index in [2.05, 4.69) is 0 Å². The zero-order valence-corrected chi connectivity index (χ0v) is 28.1. The molecule has 51 heavy (non-hydrogen) atoms. The van der Waals surface area contributed by atoms with E-state index in [0.717, 1.165) is 30.2 Å². The second-order valence-corrected chi connectivity index (χ2v) is 13.3. The van der Waals surface area contributed by atoms with Gasteiger partial charge in [-0.15, -0.1) is 0 Å². The third-order valence-corrected chi connectivity index (χ3v) is 10.5. The first-order valence-corrected chi connectivity index (χ1v) is 17.3. The Bertz CT molecular complexity index is 1580. The fourth-order valence-corrected chi connectivity index (χ4v) is 8.07. The molecule has 4 aliphatic heterocycles. The van der Waals surface area contributed by atoms with Gasteiger partial charge in [0.1, 0.15) is 6.10 Å². The third kappa shape index (κ3) is 7.51. The number of aliphatic hydroxyl groups is 2. The molecule has 272 valence electrons. The Morgan fingerprint density at radius 1 is 0.804 bits per heavy atom. The topological polar surface area (TPSA) is 181 Å². The van der Waals surface area contributed by atoms with Crippen molar-refractivity contribution in [1.29, 1.82) is 0 Å². The minimum Gasteiger partial charge on any atom is -0.505 e. The lowest BCUT2D eigenvalue weighted by Crippen LogP contribution is -2.60. The third-order valence-electron chi connectivity index (χ3n) is 10.5. The van der Waals surface area contributed by atoms with E-state index in [1.807, 2.05) is 0 Å². The molecule has 3 saturated heterocycles. The van der Waals surface area contributed by atoms with Gasteiger partial charge in [0.25, 0.3) is 5.60 Å². The average molecular weight is 709 g/mol. The molecule has 3 fully saturated rings. The molecule has 4 aliphatic rings. The minimum atomic E-state index is -2.02. The van der Waals surface area contributed by atoms with Gasteiger partial charge in [0, 0.05) is 56.1 Å². The average Bonchev–Trinajstić information content (AvgIpc) is 3.76. The quantitative estimate of drug-likeness (QED) is 0.129. The Labute approximate surface area is 294 Å². The summed E-state index contributed by atoms with van der Waals surface area (Å²) >= 11 is 0. The van der Waals surface area contributed by atoms with Crippen molar-refractivity contribution >= 4 is 30.0 Å². The largest absolute Gasteiger partial charge is 0.513 e. The molecule has 6 rings (SSSR count). The SMILES string of the molecule is O=C(CCC(=O)OCOC(=O)OC(C(=O)OC1CC2CCC(C1)[N+]21CCCC1)(c1ccccc1)c1ccccc1)OCC[C@H]1OC(=O)C(O)=C1O. The van der Waals surface area contributed by atoms with E-state index in [1.54, 1.807) is 60.7 Å². The number of nitrogens with zero attached hydrogens (tertiary/aromatic N) is 1. The number of rotatable bonds is 13. The number of carbonyl (C=O) groups excluding carboxylic acids is 5. The Balaban J connectivity index is 1.05. The molecule has 0 saturated carbocycles. The number of cyclic esters (lactones) is 1. The number of hydrogen-bond donors (Lipinski definition) is 2. The highest BCUT2D eigenvalue weighted by molar-refractivity contribution is 5.89. The number of esters is 4. The summed E-state index contributed by atoms with van der Waals surface area (Å²) in [5.74, 6) is -5.02. The normalized spacial score (nSPS) is 23.4. The molecule has 14 nitrogen and oxygen atoms in total. The van der Waals surface area contributed by atoms with Crippen LogP contribution in [0.3, 0.4) is 0 Å². The monoisotopic (exact) mass is 708 g/mol. The smallest absolute Gasteiger partial charge is 0.505 e. The molecule has 2 N–H and O–H groups in total. The lowest BCUT2D eigenvalue weighted by Gasteiger charge is -2.47. The van der Waals surface area contributed by atoms with Crippen molar-refractivity contribution in [2.45, 2.75) is 87.7 Å². The van der Waals surface area contributed by atoms with Gasteiger partial charge in [-0.05, 0) is 0 Å². The van der Waals surface area contributed by atoms with Crippen molar-refractivity contribution in [2.24, 2.45) is 0 Å². The summed E-state index contributed by atoms with van der Waals surface area (Å²) in [6.07, 6.45) is 2.52. The molecule has 14 heteroatoms. The van der Waals surface area contributed by atoms with Crippen molar-refractivity contribution in [3.63, 3.8) is 0 Å². The van der Waals surface area contributed by atoms with E-state index >= 15 is 0 Å². The summed E-state index contributed by atoms with van der Waals surface area (Å²) in [6, 6.07) is 18.0. The maximum atomic E-state index is 14.4. The lowest BCUT2D eigenvalue weighted by atomic mass is 9.85. The number of piperidine rings is 1. The first-order chi connectivity index (χ1) is 24.6. The van der Waals surface area contributed by atoms with Crippen LogP contribution >= 0.6 is 0 Å². The predicted octanol–water partition coefficient (Wildman–Crippen LogP) is 4.40. The van der Waals surface area contributed by atoms with Gasteiger partial charge in [0.05, 0.1) is 44.6 Å². The van der Waals surface area contributed by atoms with Crippen molar-refractivity contribution in [2.75, 3.05) is 26.5 Å². The summed E-state index contributed by atoms with van der Waals surface area (Å²) in [5, 5.41) is 19.0. The standard InChI is InChI=1S/C37H41NO13/c39-30(46-20-17-29-32(41)33(42)34(43)50-29)15-16-31(40)47-23-48-36(45)51-37(24-9-3-1-4-10-24,25-11-5-2-6-12-25)35(44)49-28-21-26-13-14-27(22-28)38(26)18-7-8-19-38/h1-6,9-12,26-29H,7-8,13-23H2,(H-,41,42,43)/p+1/t26?,27?,28?,29-/m1/s1. The number of benzene rings is 2. The highest BCUT2D eigenvalue weighted by Gasteiger charge is 2.57. The molecule has 2 aromatic rings. The van der Waals surface area contributed by atoms with Gasteiger partial charge in [-0.25, -0.2) is 14.4 Å². The minimum absolute atomic E-state index is 0.101. The first kappa shape index (κ1) is 35.7. The van der Waals surface area contributed by atoms with Crippen LogP contribution in [0.15, 0.2) is 72.2 Å². The van der Waals surface area contributed by atoms with E-state index in [9.17, 15) is 34.2 Å². The number of ether oxygens (including phenoxy) is 6. The summed E-state index contributed by atoms with van der Waals surface area (Å²) < 4.78 is 33.0. The van der Waals surface area contributed by atoms with Crippen LogP contribution in [-0.4, -0.2) is 95.5 Å². The highest BCUT2D eigenvalue weighted by atomic mass is 16.8. The maximum Gasteiger partial charge on any atom is 0.513 e. The van der Waals surface area contributed by atoms with Crippen LogP contribution in [0.2, 0.25) is 0 Å². The van der Waals surface area contributed by atoms with Gasteiger partial charge in [0.15, 0.2) is 11.9 Å². The van der Waals surface area contributed by atoms with Gasteiger partial charge in [-0.1, -0.05) is 60.7 Å². The molecule has 2 bridgehead atoms. The summed E-state index contributed by atoms with van der Waals surface area (Å²) in [4.78, 5) is 63.2. The molecular weight excluding hydrogens is 666 g/mol. The summed E-state index contributed by atoms with van der Waals surface area (Å²) in [6.45, 7) is 1.24. The van der Waals surface area contributed by atoms with Crippen LogP contribution in [0.1, 0.15) is 68.9 Å². The van der Waals surface area contributed by atoms with Gasteiger partial charge in [-0.2, -0.15) is 0 Å². The first-order valence-electron chi connectivity index (χ1n) is 17.3. The highest BCUT2D eigenvalue weighted by Crippen LogP contribution is 2.47. The Morgan fingerprint density at radius 3 is 1.92 bits per heavy atom. The van der Waals surface area contributed by atoms with Gasteiger partial charge < -0.3 is 43.1 Å². The van der Waals surface area contributed by atoms with Crippen molar-refractivity contribution in [3.8, 4) is 0 Å². The number of quaternary nitrogens is 1. The van der Waals surface area contributed by atoms with Gasteiger partial charge in [0.2, 0.25) is 12.6 Å². The second-order valence-electron chi connectivity index (χ2n) is 13.3. The zero-order chi connectivity index (χ0) is 36.0. The molecule has 0 radical (unpaired) electrons. The molecule has 4 heterocycles. The van der Waals surface area contributed by atoms with Crippen molar-refractivity contribution in [3.05, 3.63) is 83.3 Å². The van der Waals surface area contributed by atoms with Crippen LogP contribution in [0.25, 0.3) is 0 Å². The Kier molecular flexibility index (Phi) is 10.8. The second kappa shape index (κ2) is 15.4. The van der Waals surface area contributed by atoms with Crippen LogP contribution in [0, 0.1) is 0 Å². The number of carbonyl (C=O) groups is 5. The zero-order valence-electron chi connectivity index (χ0n) is 28.1. The molecule has 3 atom stereocenters. The maximum absolute atomic E-state index is 14.4. The van der Waals surface area contributed by atoms with E-state index < -0.39 is 66.5 Å². The van der Waals surface area contributed by atoms with Crippen LogP contribution in [0.5, 0.6) is 0 Å². The molecule has 1 spiro atoms. The van der Waals surface area contributed by atoms with E-state index in [4.69, 9.17) is 28.4 Å². The van der Waals surface area contributed by atoms with Crippen LogP contribution in [0.4, 0.5) is 4.79 Å².